The fraction of sp³-hybridized carbons (Fsp3) is 0.400. The van der Waals surface area contributed by atoms with Gasteiger partial charge in [-0.05, 0) is 58.4 Å². The molecule has 0 aliphatic rings. The fourth-order valence-corrected chi connectivity index (χ4v) is 4.72. The van der Waals surface area contributed by atoms with E-state index in [-0.39, 0.29) is 22.8 Å². The van der Waals surface area contributed by atoms with Gasteiger partial charge in [0, 0.05) is 0 Å². The van der Waals surface area contributed by atoms with Gasteiger partial charge in [0.05, 0.1) is 22.5 Å². The van der Waals surface area contributed by atoms with Gasteiger partial charge in [0.1, 0.15) is 0 Å². The van der Waals surface area contributed by atoms with Crippen LogP contribution in [0.2, 0.25) is 0 Å². The van der Waals surface area contributed by atoms with Crippen molar-refractivity contribution in [3.63, 3.8) is 0 Å². The normalized spacial score (nSPS) is 14.6. The summed E-state index contributed by atoms with van der Waals surface area (Å²) in [7, 11) is -7.49. The van der Waals surface area contributed by atoms with Crippen LogP contribution in [0, 0.1) is 13.8 Å². The average molecular weight is 427 g/mol. The zero-order valence-corrected chi connectivity index (χ0v) is 18.1. The van der Waals surface area contributed by atoms with Gasteiger partial charge in [-0.1, -0.05) is 35.4 Å². The first-order valence-corrected chi connectivity index (χ1v) is 11.9. The lowest BCUT2D eigenvalue weighted by molar-refractivity contribution is 0.0871. The second kappa shape index (κ2) is 9.17. The molecule has 0 aliphatic heterocycles. The zero-order chi connectivity index (χ0) is 20.9. The minimum Gasteiger partial charge on any atom is -0.362 e. The molecule has 2 rings (SSSR count). The van der Waals surface area contributed by atoms with Crippen molar-refractivity contribution >= 4 is 20.0 Å². The summed E-state index contributed by atoms with van der Waals surface area (Å²) in [6.45, 7) is 6.86. The lowest BCUT2D eigenvalue weighted by Crippen LogP contribution is -2.24. The Morgan fingerprint density at radius 1 is 0.786 bits per heavy atom. The van der Waals surface area contributed by atoms with Crippen LogP contribution in [0.4, 0.5) is 0 Å². The van der Waals surface area contributed by atoms with Gasteiger partial charge >= 0.3 is 0 Å². The maximum absolute atomic E-state index is 12.5. The predicted molar refractivity (Wildman–Crippen MR) is 107 cm³/mol. The van der Waals surface area contributed by atoms with Gasteiger partial charge in [-0.25, -0.2) is 8.42 Å². The second-order valence-electron chi connectivity index (χ2n) is 6.76. The molecule has 0 heterocycles. The lowest BCUT2D eigenvalue weighted by atomic mass is 10.2. The molecular formula is C20H26O6S2. The van der Waals surface area contributed by atoms with Crippen molar-refractivity contribution in [2.75, 3.05) is 6.61 Å². The average Bonchev–Trinajstić information content (AvgIpc) is 2.62. The van der Waals surface area contributed by atoms with Crippen LogP contribution in [0.25, 0.3) is 0 Å². The molecule has 2 aromatic carbocycles. The number of benzene rings is 2. The van der Waals surface area contributed by atoms with E-state index in [1.54, 1.807) is 43.3 Å². The van der Waals surface area contributed by atoms with Crippen LogP contribution in [-0.2, 0) is 28.9 Å². The Morgan fingerprint density at radius 3 is 1.75 bits per heavy atom. The van der Waals surface area contributed by atoms with Gasteiger partial charge < -0.3 is 4.74 Å². The van der Waals surface area contributed by atoms with E-state index in [0.717, 1.165) is 11.1 Å². The Labute approximate surface area is 167 Å². The van der Waals surface area contributed by atoms with Crippen LogP contribution in [0.15, 0.2) is 58.3 Å². The van der Waals surface area contributed by atoms with E-state index < -0.39 is 31.5 Å². The minimum atomic E-state index is -3.88. The smallest absolute Gasteiger partial charge is 0.297 e. The van der Waals surface area contributed by atoms with Crippen molar-refractivity contribution in [1.82, 2.24) is 0 Å². The number of ether oxygens (including phenoxy) is 1. The zero-order valence-electron chi connectivity index (χ0n) is 16.5. The van der Waals surface area contributed by atoms with Crippen molar-refractivity contribution in [3.8, 4) is 0 Å². The van der Waals surface area contributed by atoms with E-state index >= 15 is 0 Å². The molecule has 0 N–H and O–H groups in total. The standard InChI is InChI=1S/C20H26O6S2/c1-15-5-9-19(10-6-15)27(21,22)18(4)25-14-13-17(3)26-28(23,24)20-11-7-16(2)8-12-20/h5-12,17-18H,13-14H2,1-4H3. The van der Waals surface area contributed by atoms with Gasteiger partial charge in [-0.2, -0.15) is 8.42 Å². The first-order valence-electron chi connectivity index (χ1n) is 8.94. The van der Waals surface area contributed by atoms with Crippen molar-refractivity contribution in [1.29, 1.82) is 0 Å². The second-order valence-corrected chi connectivity index (χ2v) is 10.6. The molecule has 0 aliphatic carbocycles. The topological polar surface area (TPSA) is 86.7 Å². The van der Waals surface area contributed by atoms with Gasteiger partial charge in [0.2, 0.25) is 9.84 Å². The first-order chi connectivity index (χ1) is 13.0. The summed E-state index contributed by atoms with van der Waals surface area (Å²) in [6.07, 6.45) is -0.417. The van der Waals surface area contributed by atoms with E-state index in [2.05, 4.69) is 0 Å². The molecule has 8 heteroatoms. The predicted octanol–water partition coefficient (Wildman–Crippen LogP) is 3.62. The summed E-state index contributed by atoms with van der Waals surface area (Å²) in [5.74, 6) is 0. The Hall–Kier alpha value is -1.74. The molecule has 0 bridgehead atoms. The van der Waals surface area contributed by atoms with Crippen molar-refractivity contribution in [2.45, 2.75) is 55.4 Å². The molecule has 0 amide bonds. The van der Waals surface area contributed by atoms with E-state index in [0.29, 0.717) is 0 Å². The Morgan fingerprint density at radius 2 is 1.25 bits per heavy atom. The number of hydrogen-bond donors (Lipinski definition) is 0. The van der Waals surface area contributed by atoms with Gasteiger partial charge in [-0.15, -0.1) is 0 Å². The molecule has 0 aromatic heterocycles. The number of hydrogen-bond acceptors (Lipinski definition) is 6. The van der Waals surface area contributed by atoms with Crippen LogP contribution in [0.3, 0.4) is 0 Å². The van der Waals surface area contributed by atoms with Crippen LogP contribution < -0.4 is 0 Å². The summed E-state index contributed by atoms with van der Waals surface area (Å²) < 4.78 is 60.2. The summed E-state index contributed by atoms with van der Waals surface area (Å²) in [4.78, 5) is 0.276. The highest BCUT2D eigenvalue weighted by molar-refractivity contribution is 7.91. The molecule has 0 saturated carbocycles. The molecule has 6 nitrogen and oxygen atoms in total. The first kappa shape index (κ1) is 22.5. The van der Waals surface area contributed by atoms with Gasteiger partial charge in [-0.3, -0.25) is 4.18 Å². The molecule has 0 fully saturated rings. The third-order valence-electron chi connectivity index (χ3n) is 4.26. The maximum atomic E-state index is 12.5. The molecule has 28 heavy (non-hydrogen) atoms. The molecular weight excluding hydrogens is 400 g/mol. The fourth-order valence-electron chi connectivity index (χ4n) is 2.43. The van der Waals surface area contributed by atoms with Crippen molar-refractivity contribution in [3.05, 3.63) is 59.7 Å². The SMILES string of the molecule is Cc1ccc(S(=O)(=O)OC(C)CCOC(C)S(=O)(=O)c2ccc(C)cc2)cc1. The molecule has 0 saturated heterocycles. The van der Waals surface area contributed by atoms with Crippen molar-refractivity contribution < 1.29 is 25.8 Å². The van der Waals surface area contributed by atoms with E-state index in [1.807, 2.05) is 13.8 Å². The number of sulfone groups is 1. The molecule has 2 atom stereocenters. The van der Waals surface area contributed by atoms with Gasteiger partial charge in [0.15, 0.2) is 5.44 Å². The molecule has 154 valence electrons. The number of aryl methyl sites for hydroxylation is 2. The Balaban J connectivity index is 1.89. The summed E-state index contributed by atoms with van der Waals surface area (Å²) in [5.41, 5.74) is 0.869. The summed E-state index contributed by atoms with van der Waals surface area (Å²) >= 11 is 0. The van der Waals surface area contributed by atoms with Crippen LogP contribution in [0.5, 0.6) is 0 Å². The maximum Gasteiger partial charge on any atom is 0.297 e. The lowest BCUT2D eigenvalue weighted by Gasteiger charge is -2.17. The summed E-state index contributed by atoms with van der Waals surface area (Å²) in [5, 5.41) is 0. The molecule has 0 spiro atoms. The highest BCUT2D eigenvalue weighted by Gasteiger charge is 2.24. The van der Waals surface area contributed by atoms with Gasteiger partial charge in [0.25, 0.3) is 10.1 Å². The highest BCUT2D eigenvalue weighted by Crippen LogP contribution is 2.19. The van der Waals surface area contributed by atoms with Crippen LogP contribution >= 0.6 is 0 Å². The molecule has 2 unspecified atom stereocenters. The quantitative estimate of drug-likeness (QED) is 0.569. The monoisotopic (exact) mass is 426 g/mol. The van der Waals surface area contributed by atoms with E-state index in [1.165, 1.54) is 19.1 Å². The van der Waals surface area contributed by atoms with E-state index in [9.17, 15) is 16.8 Å². The summed E-state index contributed by atoms with van der Waals surface area (Å²) in [6, 6.07) is 12.9. The van der Waals surface area contributed by atoms with Crippen molar-refractivity contribution in [2.24, 2.45) is 0 Å². The third-order valence-corrected chi connectivity index (χ3v) is 7.63. The third kappa shape index (κ3) is 5.88. The number of rotatable bonds is 9. The largest absolute Gasteiger partial charge is 0.362 e. The Kier molecular flexibility index (Phi) is 7.39. The van der Waals surface area contributed by atoms with Crippen LogP contribution in [0.1, 0.15) is 31.4 Å². The molecule has 0 radical (unpaired) electrons. The van der Waals surface area contributed by atoms with Crippen LogP contribution in [-0.4, -0.2) is 35.0 Å². The molecule has 2 aromatic rings. The van der Waals surface area contributed by atoms with E-state index in [4.69, 9.17) is 8.92 Å². The highest BCUT2D eigenvalue weighted by atomic mass is 32.2. The minimum absolute atomic E-state index is 0.0524. The Bertz CT molecular complexity index is 978.